The summed E-state index contributed by atoms with van der Waals surface area (Å²) in [7, 11) is 0.809. The van der Waals surface area contributed by atoms with Gasteiger partial charge in [0.2, 0.25) is 10.0 Å². The normalized spacial score (nSPS) is 11.9. The Balaban J connectivity index is 2.21. The molecule has 0 spiro atoms. The Labute approximate surface area is 155 Å². The number of methoxy groups -OCH3 is 3. The van der Waals surface area contributed by atoms with E-state index in [9.17, 15) is 8.42 Å². The Kier molecular flexibility index (Phi) is 6.15. The van der Waals surface area contributed by atoms with Gasteiger partial charge in [-0.2, -0.15) is 0 Å². The number of hydrogen-bond donors (Lipinski definition) is 1. The van der Waals surface area contributed by atoms with Crippen molar-refractivity contribution in [3.63, 3.8) is 0 Å². The fourth-order valence-electron chi connectivity index (χ4n) is 2.49. The molecule has 0 aliphatic carbocycles. The summed E-state index contributed by atoms with van der Waals surface area (Å²) in [5, 5.41) is 0. The first-order valence-corrected chi connectivity index (χ1v) is 9.58. The Hall–Kier alpha value is -2.25. The van der Waals surface area contributed by atoms with Gasteiger partial charge < -0.3 is 14.2 Å². The molecule has 0 unspecified atom stereocenters. The molecule has 2 aromatic rings. The van der Waals surface area contributed by atoms with Gasteiger partial charge in [0.25, 0.3) is 0 Å². The Morgan fingerprint density at radius 3 is 2.00 bits per heavy atom. The standard InChI is InChI=1S/C19H25NO5S/c1-19(2,14-6-8-15(23-3)9-7-14)13-20-26(21,22)18-11-10-16(24-4)12-17(18)25-5/h6-12,20H,13H2,1-5H3. The lowest BCUT2D eigenvalue weighted by molar-refractivity contribution is 0.385. The molecule has 0 aliphatic heterocycles. The van der Waals surface area contributed by atoms with Crippen LogP contribution in [-0.4, -0.2) is 36.3 Å². The SMILES string of the molecule is COc1ccc(C(C)(C)CNS(=O)(=O)c2ccc(OC)cc2OC)cc1. The van der Waals surface area contributed by atoms with Gasteiger partial charge in [-0.1, -0.05) is 26.0 Å². The predicted octanol–water partition coefficient (Wildman–Crippen LogP) is 2.97. The van der Waals surface area contributed by atoms with Gasteiger partial charge in [0.05, 0.1) is 21.3 Å². The van der Waals surface area contributed by atoms with Crippen molar-refractivity contribution in [3.05, 3.63) is 48.0 Å². The maximum atomic E-state index is 12.7. The number of hydrogen-bond acceptors (Lipinski definition) is 5. The monoisotopic (exact) mass is 379 g/mol. The third-order valence-corrected chi connectivity index (χ3v) is 5.68. The van der Waals surface area contributed by atoms with Crippen molar-refractivity contribution in [2.75, 3.05) is 27.9 Å². The van der Waals surface area contributed by atoms with E-state index in [1.54, 1.807) is 19.2 Å². The highest BCUT2D eigenvalue weighted by molar-refractivity contribution is 7.89. The highest BCUT2D eigenvalue weighted by Crippen LogP contribution is 2.29. The van der Waals surface area contributed by atoms with Crippen LogP contribution >= 0.6 is 0 Å². The van der Waals surface area contributed by atoms with Crippen molar-refractivity contribution in [2.24, 2.45) is 0 Å². The molecule has 26 heavy (non-hydrogen) atoms. The molecule has 142 valence electrons. The molecule has 2 aromatic carbocycles. The summed E-state index contributed by atoms with van der Waals surface area (Å²) >= 11 is 0. The lowest BCUT2D eigenvalue weighted by atomic mass is 9.85. The topological polar surface area (TPSA) is 73.9 Å². The molecule has 0 aromatic heterocycles. The summed E-state index contributed by atoms with van der Waals surface area (Å²) in [6.45, 7) is 4.18. The average molecular weight is 379 g/mol. The number of rotatable bonds is 8. The first-order valence-electron chi connectivity index (χ1n) is 8.10. The average Bonchev–Trinajstić information content (AvgIpc) is 2.66. The van der Waals surface area contributed by atoms with Gasteiger partial charge in [-0.3, -0.25) is 0 Å². The predicted molar refractivity (Wildman–Crippen MR) is 101 cm³/mol. The van der Waals surface area contributed by atoms with E-state index < -0.39 is 15.4 Å². The van der Waals surface area contributed by atoms with Gasteiger partial charge in [0, 0.05) is 18.0 Å². The van der Waals surface area contributed by atoms with Gasteiger partial charge in [-0.05, 0) is 29.8 Å². The fourth-order valence-corrected chi connectivity index (χ4v) is 3.86. The summed E-state index contributed by atoms with van der Waals surface area (Å²) in [5.74, 6) is 1.52. The van der Waals surface area contributed by atoms with Crippen molar-refractivity contribution < 1.29 is 22.6 Å². The summed E-state index contributed by atoms with van der Waals surface area (Å²) in [5.41, 5.74) is 0.599. The van der Waals surface area contributed by atoms with Crippen molar-refractivity contribution in [3.8, 4) is 17.2 Å². The summed E-state index contributed by atoms with van der Waals surface area (Å²) < 4.78 is 43.6. The number of ether oxygens (including phenoxy) is 3. The van der Waals surface area contributed by atoms with Gasteiger partial charge >= 0.3 is 0 Å². The molecule has 0 heterocycles. The van der Waals surface area contributed by atoms with Crippen LogP contribution in [0.2, 0.25) is 0 Å². The van der Waals surface area contributed by atoms with Crippen LogP contribution in [0.4, 0.5) is 0 Å². The first-order chi connectivity index (χ1) is 12.2. The second kappa shape index (κ2) is 7.97. The minimum atomic E-state index is -3.74. The molecule has 0 bridgehead atoms. The molecule has 0 fully saturated rings. The van der Waals surface area contributed by atoms with Crippen LogP contribution in [0.25, 0.3) is 0 Å². The smallest absolute Gasteiger partial charge is 0.244 e. The van der Waals surface area contributed by atoms with Crippen LogP contribution in [0.5, 0.6) is 17.2 Å². The van der Waals surface area contributed by atoms with Crippen molar-refractivity contribution in [2.45, 2.75) is 24.2 Å². The molecule has 6 nitrogen and oxygen atoms in total. The Morgan fingerprint density at radius 2 is 1.46 bits per heavy atom. The zero-order valence-electron chi connectivity index (χ0n) is 15.7. The molecule has 0 aliphatic rings. The lowest BCUT2D eigenvalue weighted by Gasteiger charge is -2.26. The van der Waals surface area contributed by atoms with Gasteiger partial charge in [0.1, 0.15) is 22.1 Å². The van der Waals surface area contributed by atoms with Gasteiger partial charge in [-0.15, -0.1) is 0 Å². The number of sulfonamides is 1. The van der Waals surface area contributed by atoms with E-state index in [1.807, 2.05) is 38.1 Å². The summed E-state index contributed by atoms with van der Waals surface area (Å²) in [6, 6.07) is 12.2. The second-order valence-corrected chi connectivity index (χ2v) is 8.19. The van der Waals surface area contributed by atoms with Crippen LogP contribution in [0.1, 0.15) is 19.4 Å². The number of benzene rings is 2. The fraction of sp³-hybridized carbons (Fsp3) is 0.368. The molecule has 1 N–H and O–H groups in total. The van der Waals surface area contributed by atoms with E-state index in [1.165, 1.54) is 20.3 Å². The van der Waals surface area contributed by atoms with Crippen molar-refractivity contribution >= 4 is 10.0 Å². The third kappa shape index (κ3) is 4.47. The first kappa shape index (κ1) is 20.1. The molecular formula is C19H25NO5S. The maximum Gasteiger partial charge on any atom is 0.244 e. The van der Waals surface area contributed by atoms with Crippen LogP contribution in [0, 0.1) is 0 Å². The minimum Gasteiger partial charge on any atom is -0.497 e. The van der Waals surface area contributed by atoms with Crippen molar-refractivity contribution in [1.82, 2.24) is 4.72 Å². The van der Waals surface area contributed by atoms with Crippen LogP contribution in [-0.2, 0) is 15.4 Å². The van der Waals surface area contributed by atoms with E-state index >= 15 is 0 Å². The molecule has 7 heteroatoms. The Bertz CT molecular complexity index is 845. The van der Waals surface area contributed by atoms with Gasteiger partial charge in [0.15, 0.2) is 0 Å². The Morgan fingerprint density at radius 1 is 0.885 bits per heavy atom. The molecule has 0 radical (unpaired) electrons. The van der Waals surface area contributed by atoms with E-state index in [0.29, 0.717) is 5.75 Å². The minimum absolute atomic E-state index is 0.0753. The zero-order chi connectivity index (χ0) is 19.4. The number of nitrogens with one attached hydrogen (secondary N) is 1. The van der Waals surface area contributed by atoms with E-state index in [2.05, 4.69) is 4.72 Å². The zero-order valence-corrected chi connectivity index (χ0v) is 16.5. The largest absolute Gasteiger partial charge is 0.497 e. The van der Waals surface area contributed by atoms with E-state index in [0.717, 1.165) is 11.3 Å². The highest BCUT2D eigenvalue weighted by atomic mass is 32.2. The molecule has 0 atom stereocenters. The molecule has 2 rings (SSSR count). The summed E-state index contributed by atoms with van der Waals surface area (Å²) in [6.07, 6.45) is 0. The van der Waals surface area contributed by atoms with Crippen LogP contribution < -0.4 is 18.9 Å². The van der Waals surface area contributed by atoms with Crippen LogP contribution in [0.15, 0.2) is 47.4 Å². The van der Waals surface area contributed by atoms with Crippen LogP contribution in [0.3, 0.4) is 0 Å². The lowest BCUT2D eigenvalue weighted by Crippen LogP contribution is -2.36. The molecule has 0 saturated heterocycles. The molecular weight excluding hydrogens is 354 g/mol. The highest BCUT2D eigenvalue weighted by Gasteiger charge is 2.26. The van der Waals surface area contributed by atoms with Crippen molar-refractivity contribution in [1.29, 1.82) is 0 Å². The maximum absolute atomic E-state index is 12.7. The summed E-state index contributed by atoms with van der Waals surface area (Å²) in [4.78, 5) is 0.0753. The van der Waals surface area contributed by atoms with E-state index in [-0.39, 0.29) is 17.2 Å². The molecule has 0 amide bonds. The molecule has 0 saturated carbocycles. The quantitative estimate of drug-likeness (QED) is 0.763. The third-order valence-electron chi connectivity index (χ3n) is 4.24. The second-order valence-electron chi connectivity index (χ2n) is 6.45. The van der Waals surface area contributed by atoms with Gasteiger partial charge in [-0.25, -0.2) is 13.1 Å². The van der Waals surface area contributed by atoms with E-state index in [4.69, 9.17) is 14.2 Å².